The molecule has 0 saturated heterocycles. The Balaban J connectivity index is 5.23. The molecule has 7 atom stereocenters. The minimum absolute atomic E-state index is 0.104. The van der Waals surface area contributed by atoms with E-state index in [0.717, 1.165) is 108 Å². The van der Waals surface area contributed by atoms with Crippen LogP contribution >= 0.6 is 15.6 Å². The maximum absolute atomic E-state index is 13.1. The molecule has 0 bridgehead atoms. The van der Waals surface area contributed by atoms with Crippen LogP contribution in [0.2, 0.25) is 0 Å². The molecule has 0 fully saturated rings. The smallest absolute Gasteiger partial charge is 0.462 e. The molecule has 0 aliphatic rings. The van der Waals surface area contributed by atoms with E-state index in [9.17, 15) is 43.2 Å². The fraction of sp³-hybridized carbons (Fsp3) is 0.949. The Kier molecular flexibility index (Phi) is 69.3. The summed E-state index contributed by atoms with van der Waals surface area (Å²) >= 11 is 0. The molecule has 0 aliphatic carbocycles. The van der Waals surface area contributed by atoms with E-state index in [1.165, 1.54) is 225 Å². The number of hydrogen-bond donors (Lipinski definition) is 3. The number of unbranched alkanes of at least 4 members (excludes halogenated alkanes) is 46. The van der Waals surface area contributed by atoms with Gasteiger partial charge in [-0.05, 0) is 37.5 Å². The first-order chi connectivity index (χ1) is 47.4. The predicted molar refractivity (Wildman–Crippen MR) is 400 cm³/mol. The third kappa shape index (κ3) is 69.8. The summed E-state index contributed by atoms with van der Waals surface area (Å²) in [6.07, 6.45) is 59.7. The lowest BCUT2D eigenvalue weighted by atomic mass is 9.99. The predicted octanol–water partition coefficient (Wildman–Crippen LogP) is 23.5. The van der Waals surface area contributed by atoms with Gasteiger partial charge in [-0.25, -0.2) is 9.13 Å². The van der Waals surface area contributed by atoms with Crippen LogP contribution in [-0.2, 0) is 65.4 Å². The lowest BCUT2D eigenvalue weighted by Crippen LogP contribution is -2.30. The zero-order valence-corrected chi connectivity index (χ0v) is 65.9. The number of esters is 4. The normalized spacial score (nSPS) is 14.5. The third-order valence-electron chi connectivity index (χ3n) is 19.2. The van der Waals surface area contributed by atoms with Crippen molar-refractivity contribution in [3.8, 4) is 0 Å². The summed E-state index contributed by atoms with van der Waals surface area (Å²) in [5, 5.41) is 10.6. The van der Waals surface area contributed by atoms with Gasteiger partial charge >= 0.3 is 39.5 Å². The van der Waals surface area contributed by atoms with Gasteiger partial charge in [0.1, 0.15) is 19.3 Å². The lowest BCUT2D eigenvalue weighted by Gasteiger charge is -2.21. The minimum Gasteiger partial charge on any atom is -0.462 e. The lowest BCUT2D eigenvalue weighted by molar-refractivity contribution is -0.161. The van der Waals surface area contributed by atoms with Crippen molar-refractivity contribution in [3.63, 3.8) is 0 Å². The van der Waals surface area contributed by atoms with Crippen molar-refractivity contribution in [1.29, 1.82) is 0 Å². The van der Waals surface area contributed by atoms with E-state index in [1.807, 2.05) is 0 Å². The maximum Gasteiger partial charge on any atom is 0.472 e. The highest BCUT2D eigenvalue weighted by Crippen LogP contribution is 2.45. The second kappa shape index (κ2) is 70.7. The summed E-state index contributed by atoms with van der Waals surface area (Å²) in [7, 11) is -9.92. The second-order valence-corrected chi connectivity index (χ2v) is 31.8. The Morgan fingerprint density at radius 2 is 0.490 bits per heavy atom. The van der Waals surface area contributed by atoms with Crippen molar-refractivity contribution in [1.82, 2.24) is 0 Å². The van der Waals surface area contributed by atoms with E-state index in [2.05, 4.69) is 41.5 Å². The number of hydrogen-bond acceptors (Lipinski definition) is 15. The maximum atomic E-state index is 13.1. The van der Waals surface area contributed by atoms with Gasteiger partial charge in [0.25, 0.3) is 0 Å². The molecule has 0 aromatic heterocycles. The second-order valence-electron chi connectivity index (χ2n) is 28.9. The van der Waals surface area contributed by atoms with Crippen LogP contribution in [-0.4, -0.2) is 96.7 Å². The fourth-order valence-corrected chi connectivity index (χ4v) is 13.7. The van der Waals surface area contributed by atoms with Crippen LogP contribution in [0.1, 0.15) is 414 Å². The van der Waals surface area contributed by atoms with E-state index >= 15 is 0 Å². The van der Waals surface area contributed by atoms with Crippen molar-refractivity contribution in [3.05, 3.63) is 0 Å². The number of phosphoric ester groups is 2. The first-order valence-electron chi connectivity index (χ1n) is 41.1. The molecule has 0 saturated carbocycles. The van der Waals surface area contributed by atoms with Gasteiger partial charge in [-0.2, -0.15) is 0 Å². The zero-order chi connectivity index (χ0) is 72.1. The average Bonchev–Trinajstić information content (AvgIpc) is 1.18. The molecular weight excluding hydrogens is 1280 g/mol. The standard InChI is InChI=1S/C79H154O17P2/c1-7-11-13-15-17-19-21-23-25-27-28-29-30-32-34-36-38-43-51-57-63-78(83)95-74(67-89-76(81)61-55-49-42-37-35-33-31-26-24-22-20-18-16-14-12-8-2)69-93-97(85,86)91-65-73(80)66-92-98(87,88)94-70-75(68-90-77(82)62-56-50-46-45-48-54-60-72(6)10-4)96-79(84)64-58-52-44-40-39-41-47-53-59-71(5)9-3/h71-75,80H,7-70H2,1-6H3,(H,85,86)(H,87,88)/t71?,72?,73-,74-,75-/m1/s1. The average molecular weight is 1440 g/mol. The summed E-state index contributed by atoms with van der Waals surface area (Å²) in [6.45, 7) is 9.57. The molecule has 0 spiro atoms. The molecule has 0 amide bonds. The van der Waals surface area contributed by atoms with Crippen molar-refractivity contribution in [2.45, 2.75) is 432 Å². The minimum atomic E-state index is -4.96. The molecular formula is C79H154O17P2. The molecule has 17 nitrogen and oxygen atoms in total. The Morgan fingerprint density at radius 3 is 0.724 bits per heavy atom. The van der Waals surface area contributed by atoms with Gasteiger partial charge in [0.2, 0.25) is 0 Å². The number of aliphatic hydroxyl groups is 1. The van der Waals surface area contributed by atoms with Gasteiger partial charge in [-0.3, -0.25) is 37.3 Å². The van der Waals surface area contributed by atoms with Crippen LogP contribution in [0.5, 0.6) is 0 Å². The van der Waals surface area contributed by atoms with Crippen LogP contribution in [0, 0.1) is 11.8 Å². The van der Waals surface area contributed by atoms with E-state index < -0.39 is 97.5 Å². The number of carbonyl (C=O) groups excluding carboxylic acids is 4. The van der Waals surface area contributed by atoms with Gasteiger partial charge in [-0.15, -0.1) is 0 Å². The van der Waals surface area contributed by atoms with Crippen LogP contribution in [0.15, 0.2) is 0 Å². The van der Waals surface area contributed by atoms with Crippen molar-refractivity contribution >= 4 is 39.5 Å². The molecule has 0 aromatic rings. The molecule has 3 N–H and O–H groups in total. The first kappa shape index (κ1) is 96.1. The fourth-order valence-electron chi connectivity index (χ4n) is 12.1. The highest BCUT2D eigenvalue weighted by Gasteiger charge is 2.30. The number of phosphoric acid groups is 2. The summed E-state index contributed by atoms with van der Waals surface area (Å²) < 4.78 is 68.6. The van der Waals surface area contributed by atoms with Crippen LogP contribution in [0.4, 0.5) is 0 Å². The van der Waals surface area contributed by atoms with Crippen LogP contribution in [0.25, 0.3) is 0 Å². The van der Waals surface area contributed by atoms with Crippen LogP contribution in [0.3, 0.4) is 0 Å². The zero-order valence-electron chi connectivity index (χ0n) is 64.1. The molecule has 19 heteroatoms. The van der Waals surface area contributed by atoms with E-state index in [1.54, 1.807) is 0 Å². The molecule has 0 rings (SSSR count). The van der Waals surface area contributed by atoms with Gasteiger partial charge in [0, 0.05) is 25.7 Å². The van der Waals surface area contributed by atoms with E-state index in [4.69, 9.17) is 37.0 Å². The highest BCUT2D eigenvalue weighted by molar-refractivity contribution is 7.47. The quantitative estimate of drug-likeness (QED) is 0.0222. The number of aliphatic hydroxyl groups excluding tert-OH is 1. The largest absolute Gasteiger partial charge is 0.472 e. The molecule has 0 aliphatic heterocycles. The first-order valence-corrected chi connectivity index (χ1v) is 44.1. The summed E-state index contributed by atoms with van der Waals surface area (Å²) in [5.74, 6) is -0.614. The Morgan fingerprint density at radius 1 is 0.286 bits per heavy atom. The third-order valence-corrected chi connectivity index (χ3v) is 21.1. The van der Waals surface area contributed by atoms with Gasteiger partial charge in [0.05, 0.1) is 26.4 Å². The highest BCUT2D eigenvalue weighted by atomic mass is 31.2. The van der Waals surface area contributed by atoms with Crippen molar-refractivity contribution in [2.24, 2.45) is 11.8 Å². The Hall–Kier alpha value is -1.94. The Bertz CT molecular complexity index is 1890. The number of ether oxygens (including phenoxy) is 4. The van der Waals surface area contributed by atoms with E-state index in [-0.39, 0.29) is 25.7 Å². The molecule has 582 valence electrons. The molecule has 0 aromatic carbocycles. The Labute approximate surface area is 600 Å². The van der Waals surface area contributed by atoms with E-state index in [0.29, 0.717) is 25.7 Å². The van der Waals surface area contributed by atoms with Crippen molar-refractivity contribution in [2.75, 3.05) is 39.6 Å². The van der Waals surface area contributed by atoms with Gasteiger partial charge < -0.3 is 33.8 Å². The molecule has 0 heterocycles. The summed E-state index contributed by atoms with van der Waals surface area (Å²) in [6, 6.07) is 0. The monoisotopic (exact) mass is 1440 g/mol. The summed E-state index contributed by atoms with van der Waals surface area (Å²) in [4.78, 5) is 72.9. The SMILES string of the molecule is CCCCCCCCCCCCCCCCCCCCCCC(=O)O[C@H](COC(=O)CCCCCCCCCCCCCCCCCC)COP(=O)(O)OC[C@@H](O)COP(=O)(O)OC[C@@H](COC(=O)CCCCCCCCC(C)CC)OC(=O)CCCCCCCCCCC(C)CC. The summed E-state index contributed by atoms with van der Waals surface area (Å²) in [5.41, 5.74) is 0. The molecule has 98 heavy (non-hydrogen) atoms. The topological polar surface area (TPSA) is 237 Å². The van der Waals surface area contributed by atoms with Crippen molar-refractivity contribution < 1.29 is 80.2 Å². The van der Waals surface area contributed by atoms with Gasteiger partial charge in [-0.1, -0.05) is 363 Å². The van der Waals surface area contributed by atoms with Gasteiger partial charge in [0.15, 0.2) is 12.2 Å². The van der Waals surface area contributed by atoms with Crippen LogP contribution < -0.4 is 0 Å². The molecule has 4 unspecified atom stereocenters. The molecule has 0 radical (unpaired) electrons. The number of rotatable bonds is 78. The number of carbonyl (C=O) groups is 4.